The van der Waals surface area contributed by atoms with Crippen molar-refractivity contribution in [2.24, 2.45) is 0 Å². The molecule has 2 aromatic carbocycles. The largest absolute Gasteiger partial charge is 0.448 e. The number of hydrogen-bond donors (Lipinski definition) is 0. The van der Waals surface area contributed by atoms with Gasteiger partial charge in [-0.3, -0.25) is 0 Å². The van der Waals surface area contributed by atoms with Crippen LogP contribution in [0.2, 0.25) is 0 Å². The molecule has 0 heterocycles. The van der Waals surface area contributed by atoms with Crippen LogP contribution in [0.25, 0.3) is 11.1 Å². The molecule has 0 radical (unpaired) electrons. The van der Waals surface area contributed by atoms with Gasteiger partial charge >= 0.3 is 12.2 Å². The van der Waals surface area contributed by atoms with Gasteiger partial charge in [0.2, 0.25) is 0 Å². The Kier molecular flexibility index (Phi) is 33.9. The first-order valence-corrected chi connectivity index (χ1v) is 24.2. The van der Waals surface area contributed by atoms with Crippen LogP contribution in [0.3, 0.4) is 0 Å². The fourth-order valence-corrected chi connectivity index (χ4v) is 6.37. The van der Waals surface area contributed by atoms with Gasteiger partial charge in [0.25, 0.3) is 0 Å². The number of fused-ring (bicyclic) bond motifs is 3. The number of carbonyl (C=O) groups is 2. The molecule has 0 atom stereocenters. The van der Waals surface area contributed by atoms with Crippen molar-refractivity contribution in [2.45, 2.75) is 32.3 Å². The number of carbonyl (C=O) groups excluding carboxylic acids is 2. The molecule has 0 N–H and O–H groups in total. The Balaban J connectivity index is 0.919. The van der Waals surface area contributed by atoms with E-state index in [2.05, 4.69) is 24.3 Å². The first kappa shape index (κ1) is 59.8. The van der Waals surface area contributed by atoms with Gasteiger partial charge < -0.3 is 80.9 Å². The summed E-state index contributed by atoms with van der Waals surface area (Å²) in [6.07, 6.45) is -0.739. The van der Waals surface area contributed by atoms with Crippen LogP contribution in [-0.2, 0) is 71.1 Å². The molecule has 394 valence electrons. The Labute approximate surface area is 410 Å². The molecule has 0 bridgehead atoms. The lowest BCUT2D eigenvalue weighted by Crippen LogP contribution is -2.36. The molecule has 0 saturated heterocycles. The summed E-state index contributed by atoms with van der Waals surface area (Å²) < 4.78 is 82.8. The third-order valence-corrected chi connectivity index (χ3v) is 9.96. The van der Waals surface area contributed by atoms with E-state index in [9.17, 15) is 9.59 Å². The molecule has 2 aromatic rings. The molecule has 19 nitrogen and oxygen atoms in total. The van der Waals surface area contributed by atoms with Crippen LogP contribution >= 0.6 is 0 Å². The second-order valence-corrected chi connectivity index (χ2v) is 16.6. The van der Waals surface area contributed by atoms with E-state index in [1.165, 1.54) is 32.1 Å². The summed E-state index contributed by atoms with van der Waals surface area (Å²) in [7, 11) is 3.39. The van der Waals surface area contributed by atoms with Crippen LogP contribution in [0, 0.1) is 0 Å². The van der Waals surface area contributed by atoms with Crippen molar-refractivity contribution in [3.63, 3.8) is 0 Å². The summed E-state index contributed by atoms with van der Waals surface area (Å²) in [4.78, 5) is 27.6. The molecule has 69 heavy (non-hydrogen) atoms. The highest BCUT2D eigenvalue weighted by Crippen LogP contribution is 2.44. The summed E-state index contributed by atoms with van der Waals surface area (Å²) in [6, 6.07) is 16.6. The zero-order chi connectivity index (χ0) is 49.5. The fourth-order valence-electron chi connectivity index (χ4n) is 6.37. The predicted molar refractivity (Wildman–Crippen MR) is 257 cm³/mol. The number of benzene rings is 2. The quantitative estimate of drug-likeness (QED) is 0.0814. The van der Waals surface area contributed by atoms with E-state index < -0.39 is 5.60 Å². The number of ether oxygens (including phenoxy) is 15. The van der Waals surface area contributed by atoms with Gasteiger partial charge in [-0.05, 0) is 43.0 Å². The van der Waals surface area contributed by atoms with Gasteiger partial charge in [-0.1, -0.05) is 48.5 Å². The Bertz CT molecular complexity index is 1540. The number of hydrogen-bond acceptors (Lipinski definition) is 17. The topological polar surface area (TPSA) is 179 Å². The van der Waals surface area contributed by atoms with Gasteiger partial charge in [-0.25, -0.2) is 9.59 Å². The summed E-state index contributed by atoms with van der Waals surface area (Å²) in [6.45, 7) is 18.7. The second kappa shape index (κ2) is 39.1. The van der Waals surface area contributed by atoms with Crippen molar-refractivity contribution < 1.29 is 80.6 Å². The van der Waals surface area contributed by atoms with Crippen LogP contribution in [0.4, 0.5) is 9.59 Å². The van der Waals surface area contributed by atoms with E-state index in [-0.39, 0.29) is 18.1 Å². The van der Waals surface area contributed by atoms with Crippen LogP contribution in [0.1, 0.15) is 37.8 Å². The van der Waals surface area contributed by atoms with Crippen molar-refractivity contribution in [2.75, 3.05) is 206 Å². The SMILES string of the molecule is CN(CCOCCOCCOCCOCCOCCOCCOCCOCCOCCOCCOCCOCCOCCN(C)C(=O)OC(C)(C)C)C(=O)OCC1c2ccccc2-c2ccccc21. The van der Waals surface area contributed by atoms with Gasteiger partial charge in [-0.15, -0.1) is 0 Å². The number of likely N-dealkylation sites (N-methyl/N-ethyl adjacent to an activating group) is 2. The van der Waals surface area contributed by atoms with E-state index in [0.717, 1.165) is 0 Å². The predicted octanol–water partition coefficient (Wildman–Crippen LogP) is 4.95. The molecule has 0 aliphatic heterocycles. The monoisotopic (exact) mass is 983 g/mol. The molecule has 1 aliphatic rings. The standard InChI is InChI=1S/C50H82N2O17/c1-50(2,3)69-49(54)52(5)15-17-56-19-21-58-23-25-60-27-29-62-31-33-64-35-37-66-39-41-67-40-38-65-36-34-63-32-30-61-28-26-59-24-22-57-20-18-55-16-14-51(4)48(53)68-42-47-45-12-8-6-10-43(45)44-11-7-9-13-46(44)47/h6-13,47H,14-42H2,1-5H3. The molecular weight excluding hydrogens is 901 g/mol. The Hall–Kier alpha value is -3.54. The van der Waals surface area contributed by atoms with Gasteiger partial charge in [0.05, 0.1) is 172 Å². The van der Waals surface area contributed by atoms with E-state index in [4.69, 9.17) is 71.1 Å². The van der Waals surface area contributed by atoms with Gasteiger partial charge in [0, 0.05) is 33.1 Å². The molecule has 3 rings (SSSR count). The fraction of sp³-hybridized carbons (Fsp3) is 0.720. The van der Waals surface area contributed by atoms with Crippen molar-refractivity contribution >= 4 is 12.2 Å². The highest BCUT2D eigenvalue weighted by Gasteiger charge is 2.29. The smallest absolute Gasteiger partial charge is 0.410 e. The van der Waals surface area contributed by atoms with Crippen LogP contribution in [-0.4, -0.2) is 233 Å². The molecule has 0 aromatic heterocycles. The highest BCUT2D eigenvalue weighted by molar-refractivity contribution is 5.79. The minimum atomic E-state index is -0.518. The first-order valence-electron chi connectivity index (χ1n) is 24.2. The lowest BCUT2D eigenvalue weighted by Gasteiger charge is -2.24. The minimum absolute atomic E-state index is 0.0318. The lowest BCUT2D eigenvalue weighted by molar-refractivity contribution is -0.0292. The van der Waals surface area contributed by atoms with Crippen LogP contribution in [0.5, 0.6) is 0 Å². The lowest BCUT2D eigenvalue weighted by atomic mass is 9.98. The third kappa shape index (κ3) is 29.4. The van der Waals surface area contributed by atoms with Crippen molar-refractivity contribution in [3.8, 4) is 11.1 Å². The maximum Gasteiger partial charge on any atom is 0.410 e. The summed E-state index contributed by atoms with van der Waals surface area (Å²) in [5, 5.41) is 0. The maximum atomic E-state index is 12.6. The third-order valence-electron chi connectivity index (χ3n) is 9.96. The van der Waals surface area contributed by atoms with E-state index in [1.807, 2.05) is 45.0 Å². The number of nitrogens with zero attached hydrogens (tertiary/aromatic N) is 2. The summed E-state index contributed by atoms with van der Waals surface area (Å²) in [5.41, 5.74) is 4.26. The minimum Gasteiger partial charge on any atom is -0.448 e. The Morgan fingerprint density at radius 1 is 0.391 bits per heavy atom. The second-order valence-electron chi connectivity index (χ2n) is 16.6. The average Bonchev–Trinajstić information content (AvgIpc) is 3.66. The first-order chi connectivity index (χ1) is 33.7. The van der Waals surface area contributed by atoms with Crippen molar-refractivity contribution in [1.29, 1.82) is 0 Å². The average molecular weight is 983 g/mol. The van der Waals surface area contributed by atoms with Crippen LogP contribution < -0.4 is 0 Å². The number of rotatable bonds is 44. The molecule has 0 unspecified atom stereocenters. The van der Waals surface area contributed by atoms with E-state index >= 15 is 0 Å². The van der Waals surface area contributed by atoms with Crippen molar-refractivity contribution in [1.82, 2.24) is 9.80 Å². The number of amides is 2. The van der Waals surface area contributed by atoms with E-state index in [1.54, 1.807) is 14.1 Å². The molecule has 0 fully saturated rings. The van der Waals surface area contributed by atoms with Gasteiger partial charge in [-0.2, -0.15) is 0 Å². The van der Waals surface area contributed by atoms with Crippen LogP contribution in [0.15, 0.2) is 48.5 Å². The zero-order valence-electron chi connectivity index (χ0n) is 42.0. The molecule has 19 heteroatoms. The zero-order valence-corrected chi connectivity index (χ0v) is 42.0. The molecule has 0 saturated carbocycles. The normalized spacial score (nSPS) is 12.3. The molecule has 2 amide bonds. The molecule has 1 aliphatic carbocycles. The van der Waals surface area contributed by atoms with E-state index in [0.29, 0.717) is 191 Å². The molecule has 0 spiro atoms. The van der Waals surface area contributed by atoms with Gasteiger partial charge in [0.15, 0.2) is 0 Å². The van der Waals surface area contributed by atoms with Crippen molar-refractivity contribution in [3.05, 3.63) is 59.7 Å². The summed E-state index contributed by atoms with van der Waals surface area (Å²) >= 11 is 0. The highest BCUT2D eigenvalue weighted by atomic mass is 16.6. The molecular formula is C50H82N2O17. The van der Waals surface area contributed by atoms with Gasteiger partial charge in [0.1, 0.15) is 12.2 Å². The maximum absolute atomic E-state index is 12.6. The Morgan fingerprint density at radius 3 is 0.913 bits per heavy atom. The summed E-state index contributed by atoms with van der Waals surface area (Å²) in [5.74, 6) is 0.0318. The Morgan fingerprint density at radius 2 is 0.638 bits per heavy atom.